The number of carboxylic acid groups (broad SMARTS) is 1. The van der Waals surface area contributed by atoms with Gasteiger partial charge in [0.2, 0.25) is 5.91 Å². The molecule has 1 heterocycles. The van der Waals surface area contributed by atoms with Crippen LogP contribution in [0.1, 0.15) is 47.4 Å². The topological polar surface area (TPSA) is 104 Å². The summed E-state index contributed by atoms with van der Waals surface area (Å²) in [6.45, 7) is 2.87. The molecule has 0 unspecified atom stereocenters. The van der Waals surface area contributed by atoms with Gasteiger partial charge in [0.1, 0.15) is 5.54 Å². The molecule has 1 aliphatic heterocycles. The zero-order valence-corrected chi connectivity index (χ0v) is 14.8. The van der Waals surface area contributed by atoms with Crippen LogP contribution < -0.4 is 5.32 Å². The van der Waals surface area contributed by atoms with Gasteiger partial charge in [-0.25, -0.2) is 4.79 Å². The summed E-state index contributed by atoms with van der Waals surface area (Å²) in [5.41, 5.74) is -0.677. The molecule has 0 aliphatic carbocycles. The largest absolute Gasteiger partial charge is 0.480 e. The number of hydrogen-bond donors (Lipinski definition) is 2. The lowest BCUT2D eigenvalue weighted by molar-refractivity contribution is -0.146. The number of carboxylic acids is 1. The van der Waals surface area contributed by atoms with Gasteiger partial charge in [-0.1, -0.05) is 15.9 Å². The highest BCUT2D eigenvalue weighted by Crippen LogP contribution is 2.26. The quantitative estimate of drug-likeness (QED) is 0.713. The van der Waals surface area contributed by atoms with E-state index in [4.69, 9.17) is 5.11 Å². The molecule has 0 spiro atoms. The second-order valence-corrected chi connectivity index (χ2v) is 6.95. The van der Waals surface area contributed by atoms with Gasteiger partial charge in [-0.05, 0) is 38.5 Å². The Kier molecular flexibility index (Phi) is 5.08. The Hall–Kier alpha value is -2.22. The lowest BCUT2D eigenvalue weighted by atomic mass is 10.1. The summed E-state index contributed by atoms with van der Waals surface area (Å²) < 4.78 is 0.708. The summed E-state index contributed by atoms with van der Waals surface area (Å²) in [4.78, 5) is 48.3. The fraction of sp³-hybridized carbons (Fsp3) is 0.375. The molecule has 1 aliphatic rings. The molecule has 0 radical (unpaired) electrons. The van der Waals surface area contributed by atoms with Crippen LogP contribution in [0, 0.1) is 0 Å². The number of rotatable bonds is 6. The number of aliphatic carboxylic acids is 1. The van der Waals surface area contributed by atoms with Gasteiger partial charge >= 0.3 is 5.97 Å². The first-order valence-electron chi connectivity index (χ1n) is 7.33. The van der Waals surface area contributed by atoms with Crippen LogP contribution in [0.4, 0.5) is 0 Å². The molecular formula is C16H17BrN2O5. The molecule has 0 saturated heterocycles. The molecule has 24 heavy (non-hydrogen) atoms. The number of halogens is 1. The Morgan fingerprint density at radius 1 is 1.21 bits per heavy atom. The number of carbonyl (C=O) groups is 4. The van der Waals surface area contributed by atoms with E-state index < -0.39 is 17.4 Å². The van der Waals surface area contributed by atoms with Gasteiger partial charge in [0, 0.05) is 17.4 Å². The van der Waals surface area contributed by atoms with Crippen LogP contribution >= 0.6 is 15.9 Å². The number of hydrogen-bond acceptors (Lipinski definition) is 4. The molecule has 3 amide bonds. The Bertz CT molecular complexity index is 729. The predicted molar refractivity (Wildman–Crippen MR) is 88.6 cm³/mol. The standard InChI is InChI=1S/C16H17BrN2O5/c1-16(2,15(23)24)18-12(20)4-3-7-19-13(21)10-6-5-9(17)8-11(10)14(19)22/h5-6,8H,3-4,7H2,1-2H3,(H,18,20)(H,23,24). The summed E-state index contributed by atoms with van der Waals surface area (Å²) in [6, 6.07) is 4.87. The molecule has 0 atom stereocenters. The van der Waals surface area contributed by atoms with Crippen molar-refractivity contribution in [3.8, 4) is 0 Å². The minimum atomic E-state index is -1.36. The zero-order chi connectivity index (χ0) is 18.1. The van der Waals surface area contributed by atoms with E-state index in [9.17, 15) is 19.2 Å². The van der Waals surface area contributed by atoms with Crippen molar-refractivity contribution in [3.63, 3.8) is 0 Å². The number of nitrogens with one attached hydrogen (secondary N) is 1. The van der Waals surface area contributed by atoms with Crippen molar-refractivity contribution < 1.29 is 24.3 Å². The number of nitrogens with zero attached hydrogens (tertiary/aromatic N) is 1. The molecule has 2 N–H and O–H groups in total. The number of imide groups is 1. The summed E-state index contributed by atoms with van der Waals surface area (Å²) >= 11 is 3.26. The van der Waals surface area contributed by atoms with E-state index in [0.717, 1.165) is 4.90 Å². The molecule has 128 valence electrons. The maximum Gasteiger partial charge on any atom is 0.328 e. The Morgan fingerprint density at radius 2 is 1.83 bits per heavy atom. The maximum atomic E-state index is 12.3. The predicted octanol–water partition coefficient (Wildman–Crippen LogP) is 1.80. The van der Waals surface area contributed by atoms with E-state index in [0.29, 0.717) is 15.6 Å². The molecule has 8 heteroatoms. The molecule has 0 saturated carbocycles. The number of benzene rings is 1. The van der Waals surface area contributed by atoms with Crippen LogP contribution in [0.25, 0.3) is 0 Å². The van der Waals surface area contributed by atoms with Crippen molar-refractivity contribution in [1.29, 1.82) is 0 Å². The second kappa shape index (κ2) is 6.72. The molecule has 0 fully saturated rings. The third kappa shape index (κ3) is 3.64. The van der Waals surface area contributed by atoms with Crippen molar-refractivity contribution >= 4 is 39.6 Å². The van der Waals surface area contributed by atoms with E-state index >= 15 is 0 Å². The lowest BCUT2D eigenvalue weighted by Crippen LogP contribution is -2.49. The summed E-state index contributed by atoms with van der Waals surface area (Å²) in [5.74, 6) is -2.35. The van der Waals surface area contributed by atoms with Crippen LogP contribution in [0.15, 0.2) is 22.7 Å². The van der Waals surface area contributed by atoms with Gasteiger partial charge in [0.05, 0.1) is 11.1 Å². The molecule has 7 nitrogen and oxygen atoms in total. The van der Waals surface area contributed by atoms with Crippen LogP contribution in [-0.2, 0) is 9.59 Å². The van der Waals surface area contributed by atoms with Crippen molar-refractivity contribution in [1.82, 2.24) is 10.2 Å². The third-order valence-corrected chi connectivity index (χ3v) is 4.20. The van der Waals surface area contributed by atoms with Crippen molar-refractivity contribution in [3.05, 3.63) is 33.8 Å². The summed E-state index contributed by atoms with van der Waals surface area (Å²) in [5, 5.41) is 11.4. The highest BCUT2D eigenvalue weighted by molar-refractivity contribution is 9.10. The van der Waals surface area contributed by atoms with Crippen LogP contribution in [0.3, 0.4) is 0 Å². The van der Waals surface area contributed by atoms with Crippen molar-refractivity contribution in [2.24, 2.45) is 0 Å². The summed E-state index contributed by atoms with van der Waals surface area (Å²) in [7, 11) is 0. The van der Waals surface area contributed by atoms with Crippen molar-refractivity contribution in [2.45, 2.75) is 32.2 Å². The van der Waals surface area contributed by atoms with Crippen LogP contribution in [0.2, 0.25) is 0 Å². The zero-order valence-electron chi connectivity index (χ0n) is 13.3. The van der Waals surface area contributed by atoms with Gasteiger partial charge in [-0.15, -0.1) is 0 Å². The van der Waals surface area contributed by atoms with E-state index in [1.54, 1.807) is 18.2 Å². The number of carbonyl (C=O) groups excluding carboxylic acids is 3. The van der Waals surface area contributed by atoms with Crippen molar-refractivity contribution in [2.75, 3.05) is 6.54 Å². The normalized spacial score (nSPS) is 13.9. The first-order valence-corrected chi connectivity index (χ1v) is 8.13. The lowest BCUT2D eigenvalue weighted by Gasteiger charge is -2.21. The van der Waals surface area contributed by atoms with Gasteiger partial charge in [-0.3, -0.25) is 19.3 Å². The second-order valence-electron chi connectivity index (χ2n) is 6.03. The number of amides is 3. The van der Waals surface area contributed by atoms with E-state index in [2.05, 4.69) is 21.2 Å². The molecule has 2 rings (SSSR count). The Labute approximate surface area is 147 Å². The minimum Gasteiger partial charge on any atom is -0.480 e. The van der Waals surface area contributed by atoms with Crippen LogP contribution in [-0.4, -0.2) is 45.8 Å². The summed E-state index contributed by atoms with van der Waals surface area (Å²) in [6.07, 6.45) is 0.280. The fourth-order valence-electron chi connectivity index (χ4n) is 2.33. The molecular weight excluding hydrogens is 380 g/mol. The molecule has 0 aromatic heterocycles. The van der Waals surface area contributed by atoms with E-state index in [1.165, 1.54) is 13.8 Å². The average Bonchev–Trinajstić information content (AvgIpc) is 2.71. The maximum absolute atomic E-state index is 12.3. The van der Waals surface area contributed by atoms with E-state index in [1.807, 2.05) is 0 Å². The first-order chi connectivity index (χ1) is 11.1. The molecule has 1 aromatic rings. The van der Waals surface area contributed by atoms with Gasteiger partial charge in [-0.2, -0.15) is 0 Å². The SMILES string of the molecule is CC(C)(NC(=O)CCCN1C(=O)c2ccc(Br)cc2C1=O)C(=O)O. The first kappa shape index (κ1) is 18.1. The third-order valence-electron chi connectivity index (χ3n) is 3.70. The molecule has 0 bridgehead atoms. The van der Waals surface area contributed by atoms with Gasteiger partial charge in [0.25, 0.3) is 11.8 Å². The van der Waals surface area contributed by atoms with Gasteiger partial charge < -0.3 is 10.4 Å². The highest BCUT2D eigenvalue weighted by atomic mass is 79.9. The minimum absolute atomic E-state index is 0.0216. The van der Waals surface area contributed by atoms with E-state index in [-0.39, 0.29) is 31.2 Å². The smallest absolute Gasteiger partial charge is 0.328 e. The fourth-order valence-corrected chi connectivity index (χ4v) is 2.69. The van der Waals surface area contributed by atoms with Gasteiger partial charge in [0.15, 0.2) is 0 Å². The highest BCUT2D eigenvalue weighted by Gasteiger charge is 2.35. The Morgan fingerprint density at radius 3 is 2.46 bits per heavy atom. The average molecular weight is 397 g/mol. The molecule has 1 aromatic carbocycles. The van der Waals surface area contributed by atoms with Crippen LogP contribution in [0.5, 0.6) is 0 Å². The monoisotopic (exact) mass is 396 g/mol. The Balaban J connectivity index is 1.92. The number of fused-ring (bicyclic) bond motifs is 1.